The molecule has 12 heteroatoms. The monoisotopic (exact) mass is 595 g/mol. The second-order valence-electron chi connectivity index (χ2n) is 10.7. The van der Waals surface area contributed by atoms with Gasteiger partial charge in [0.05, 0.1) is 29.6 Å². The van der Waals surface area contributed by atoms with Gasteiger partial charge in [0.1, 0.15) is 33.7 Å². The highest BCUT2D eigenvalue weighted by atomic mass is 35.5. The second-order valence-corrected chi connectivity index (χ2v) is 13.3. The number of H-pyrrole nitrogens is 1. The van der Waals surface area contributed by atoms with Crippen LogP contribution in [0.1, 0.15) is 12.8 Å². The van der Waals surface area contributed by atoms with Crippen LogP contribution >= 0.6 is 11.6 Å². The van der Waals surface area contributed by atoms with Gasteiger partial charge in [-0.1, -0.05) is 48.0 Å². The number of hydrogen-bond donors (Lipinski definition) is 2. The summed E-state index contributed by atoms with van der Waals surface area (Å²) in [5, 5.41) is 10.4. The molecule has 3 aliphatic rings. The molecule has 2 aromatic carbocycles. The van der Waals surface area contributed by atoms with Gasteiger partial charge in [0.15, 0.2) is 11.8 Å². The average Bonchev–Trinajstić information content (AvgIpc) is 3.76. The lowest BCUT2D eigenvalue weighted by molar-refractivity contribution is 0.00706. The van der Waals surface area contributed by atoms with Crippen LogP contribution in [0.3, 0.4) is 0 Å². The van der Waals surface area contributed by atoms with Gasteiger partial charge in [-0.05, 0) is 42.2 Å². The van der Waals surface area contributed by atoms with Crippen molar-refractivity contribution in [3.05, 3.63) is 59.6 Å². The van der Waals surface area contributed by atoms with E-state index in [0.717, 1.165) is 42.6 Å². The van der Waals surface area contributed by atoms with E-state index in [2.05, 4.69) is 14.3 Å². The van der Waals surface area contributed by atoms with Crippen LogP contribution in [0.2, 0.25) is 5.02 Å². The maximum Gasteiger partial charge on any atom is 0.296 e. The Morgan fingerprint density at radius 3 is 2.39 bits per heavy atom. The Labute approximate surface area is 242 Å². The second kappa shape index (κ2) is 10.6. The summed E-state index contributed by atoms with van der Waals surface area (Å²) in [5.74, 6) is 0. The lowest BCUT2D eigenvalue weighted by atomic mass is 10.0. The zero-order valence-electron chi connectivity index (χ0n) is 22.4. The minimum absolute atomic E-state index is 0.233. The van der Waals surface area contributed by atoms with E-state index in [1.165, 1.54) is 0 Å². The predicted octanol–water partition coefficient (Wildman–Crippen LogP) is 4.59. The minimum atomic E-state index is -2.40. The first kappa shape index (κ1) is 26.8. The molecule has 10 nitrogen and oxygen atoms in total. The summed E-state index contributed by atoms with van der Waals surface area (Å²) in [6.07, 6.45) is 2.12. The molecule has 3 aliphatic heterocycles. The maximum atomic E-state index is 13.0. The summed E-state index contributed by atoms with van der Waals surface area (Å²) in [7, 11) is -2.40. The molecule has 3 saturated heterocycles. The van der Waals surface area contributed by atoms with E-state index >= 15 is 0 Å². The van der Waals surface area contributed by atoms with Gasteiger partial charge in [-0.3, -0.25) is 4.98 Å². The van der Waals surface area contributed by atoms with Crippen LogP contribution in [0, 0.1) is 0 Å². The third-order valence-corrected chi connectivity index (χ3v) is 9.99. The quantitative estimate of drug-likeness (QED) is 0.334. The number of pyridine rings is 1. The highest BCUT2D eigenvalue weighted by Gasteiger charge is 2.48. The van der Waals surface area contributed by atoms with Gasteiger partial charge in [-0.15, -0.1) is 0 Å². The number of aromatic amines is 1. The number of nitrogens with zero attached hydrogens (tertiary/aromatic N) is 4. The van der Waals surface area contributed by atoms with Crippen molar-refractivity contribution in [1.29, 1.82) is 0 Å². The number of aromatic nitrogens is 3. The molecule has 4 aromatic rings. The van der Waals surface area contributed by atoms with E-state index in [4.69, 9.17) is 30.8 Å². The first-order valence-corrected chi connectivity index (χ1v) is 15.9. The smallest absolute Gasteiger partial charge is 0.296 e. The van der Waals surface area contributed by atoms with E-state index in [0.29, 0.717) is 40.2 Å². The Balaban J connectivity index is 1.08. The Morgan fingerprint density at radius 1 is 1.00 bits per heavy atom. The summed E-state index contributed by atoms with van der Waals surface area (Å²) in [6.45, 7) is 2.21. The molecule has 0 spiro atoms. The van der Waals surface area contributed by atoms with E-state index in [1.807, 2.05) is 52.8 Å². The lowest BCUT2D eigenvalue weighted by Crippen LogP contribution is -2.34. The molecule has 1 unspecified atom stereocenters. The molecule has 41 heavy (non-hydrogen) atoms. The van der Waals surface area contributed by atoms with Crippen molar-refractivity contribution in [2.24, 2.45) is 4.36 Å². The SMILES string of the molecule is CS(=O)(=Nc1ccc(-c2ccc(-c3nc4[nH]c(O[C@@H]5CO[C@H]6[C@@H]5OC[C@H]6O)nc4cc3Cl)cc2)cc1)N1CCCC1. The van der Waals surface area contributed by atoms with Gasteiger partial charge in [0.25, 0.3) is 6.01 Å². The number of halogens is 1. The number of benzene rings is 2. The minimum Gasteiger partial charge on any atom is -0.456 e. The molecular weight excluding hydrogens is 566 g/mol. The molecule has 5 atom stereocenters. The molecule has 0 aliphatic carbocycles. The van der Waals surface area contributed by atoms with Crippen LogP contribution in [-0.2, 0) is 19.4 Å². The number of rotatable bonds is 6. The van der Waals surface area contributed by atoms with E-state index in [9.17, 15) is 9.32 Å². The molecule has 0 bridgehead atoms. The molecule has 0 amide bonds. The summed E-state index contributed by atoms with van der Waals surface area (Å²) in [6, 6.07) is 17.9. The van der Waals surface area contributed by atoms with Gasteiger partial charge >= 0.3 is 0 Å². The van der Waals surface area contributed by atoms with Crippen LogP contribution in [-0.4, -0.2) is 85.5 Å². The van der Waals surface area contributed by atoms with Gasteiger partial charge in [-0.2, -0.15) is 9.35 Å². The molecule has 214 valence electrons. The number of nitrogens with one attached hydrogen (secondary N) is 1. The fourth-order valence-electron chi connectivity index (χ4n) is 5.66. The fraction of sp³-hybridized carbons (Fsp3) is 0.379. The van der Waals surface area contributed by atoms with Gasteiger partial charge in [0.2, 0.25) is 0 Å². The topological polar surface area (TPSA) is 122 Å². The van der Waals surface area contributed by atoms with Crippen LogP contribution in [0.25, 0.3) is 33.5 Å². The van der Waals surface area contributed by atoms with Crippen molar-refractivity contribution >= 4 is 38.4 Å². The van der Waals surface area contributed by atoms with Crippen molar-refractivity contribution in [1.82, 2.24) is 19.3 Å². The predicted molar refractivity (Wildman–Crippen MR) is 157 cm³/mol. The molecular formula is C29H30ClN5O5S. The normalized spacial score (nSPS) is 25.8. The van der Waals surface area contributed by atoms with Crippen LogP contribution in [0.5, 0.6) is 6.01 Å². The van der Waals surface area contributed by atoms with Crippen LogP contribution in [0.15, 0.2) is 59.0 Å². The number of ether oxygens (including phenoxy) is 3. The Kier molecular flexibility index (Phi) is 6.96. The van der Waals surface area contributed by atoms with Gasteiger partial charge in [0, 0.05) is 24.9 Å². The third kappa shape index (κ3) is 5.22. The zero-order valence-corrected chi connectivity index (χ0v) is 24.0. The molecule has 2 aromatic heterocycles. The molecule has 7 rings (SSSR count). The van der Waals surface area contributed by atoms with Crippen molar-refractivity contribution in [2.45, 2.75) is 37.3 Å². The maximum absolute atomic E-state index is 13.0. The molecule has 0 saturated carbocycles. The standard InChI is InChI=1S/C29H30ClN5O5S/c1-41(37,35-12-2-3-13-35)34-20-10-8-18(9-11-20)17-4-6-19(7-5-17)25-21(30)14-22-28(32-25)33-29(31-22)40-24-16-39-26-23(36)15-38-27(24)26/h4-11,14,23-24,26-27,36H,2-3,12-13,15-16H2,1H3,(H,31,32,33)/t23-,24-,26-,27-,41?/m1/s1. The van der Waals surface area contributed by atoms with Gasteiger partial charge in [-0.25, -0.2) is 13.5 Å². The number of imidazole rings is 1. The highest BCUT2D eigenvalue weighted by Crippen LogP contribution is 2.33. The number of fused-ring (bicyclic) bond motifs is 2. The number of aliphatic hydroxyl groups is 1. The number of hydrogen-bond acceptors (Lipinski definition) is 8. The number of aliphatic hydroxyl groups excluding tert-OH is 1. The van der Waals surface area contributed by atoms with Crippen LogP contribution in [0.4, 0.5) is 5.69 Å². The largest absolute Gasteiger partial charge is 0.456 e. The van der Waals surface area contributed by atoms with Crippen LogP contribution < -0.4 is 4.74 Å². The zero-order chi connectivity index (χ0) is 28.1. The summed E-state index contributed by atoms with van der Waals surface area (Å²) in [5.41, 5.74) is 5.39. The molecule has 0 radical (unpaired) electrons. The van der Waals surface area contributed by atoms with Crippen molar-refractivity contribution in [3.63, 3.8) is 0 Å². The summed E-state index contributed by atoms with van der Waals surface area (Å²) < 4.78 is 36.8. The fourth-order valence-corrected chi connectivity index (χ4v) is 7.48. The van der Waals surface area contributed by atoms with Crippen molar-refractivity contribution < 1.29 is 23.5 Å². The first-order valence-electron chi connectivity index (χ1n) is 13.7. The summed E-state index contributed by atoms with van der Waals surface area (Å²) >= 11 is 6.62. The van der Waals surface area contributed by atoms with Crippen molar-refractivity contribution in [3.8, 4) is 28.4 Å². The van der Waals surface area contributed by atoms with E-state index < -0.39 is 16.0 Å². The lowest BCUT2D eigenvalue weighted by Gasteiger charge is -2.16. The Morgan fingerprint density at radius 2 is 1.66 bits per heavy atom. The Bertz CT molecular complexity index is 1700. The highest BCUT2D eigenvalue weighted by molar-refractivity contribution is 7.90. The first-order chi connectivity index (χ1) is 19.8. The molecule has 5 heterocycles. The third-order valence-electron chi connectivity index (χ3n) is 7.83. The summed E-state index contributed by atoms with van der Waals surface area (Å²) in [4.78, 5) is 12.3. The van der Waals surface area contributed by atoms with E-state index in [-0.39, 0.29) is 24.9 Å². The van der Waals surface area contributed by atoms with Gasteiger partial charge < -0.3 is 19.3 Å². The molecule has 2 N–H and O–H groups in total. The van der Waals surface area contributed by atoms with Crippen molar-refractivity contribution in [2.75, 3.05) is 32.6 Å². The molecule has 3 fully saturated rings. The average molecular weight is 596 g/mol. The van der Waals surface area contributed by atoms with E-state index in [1.54, 1.807) is 12.3 Å². The Hall–Kier alpha value is -3.06.